The summed E-state index contributed by atoms with van der Waals surface area (Å²) >= 11 is 0. The smallest absolute Gasteiger partial charge is 0.255 e. The van der Waals surface area contributed by atoms with E-state index in [9.17, 15) is 9.90 Å². The molecule has 0 radical (unpaired) electrons. The Morgan fingerprint density at radius 3 is 2.35 bits per heavy atom. The summed E-state index contributed by atoms with van der Waals surface area (Å²) < 4.78 is 11.2. The van der Waals surface area contributed by atoms with Crippen molar-refractivity contribution in [3.63, 3.8) is 0 Å². The van der Waals surface area contributed by atoms with Gasteiger partial charge in [0.25, 0.3) is 5.91 Å². The number of ether oxygens (including phenoxy) is 2. The molecule has 1 saturated heterocycles. The largest absolute Gasteiger partial charge is 0.506 e. The first-order valence-corrected chi connectivity index (χ1v) is 8.82. The van der Waals surface area contributed by atoms with E-state index in [1.54, 1.807) is 24.3 Å². The fourth-order valence-corrected chi connectivity index (χ4v) is 2.80. The molecule has 0 unspecified atom stereocenters. The van der Waals surface area contributed by atoms with Crippen LogP contribution in [0.2, 0.25) is 0 Å². The Morgan fingerprint density at radius 1 is 1.08 bits per heavy atom. The number of hydrogen-bond acceptors (Lipinski definition) is 4. The molecule has 0 atom stereocenters. The summed E-state index contributed by atoms with van der Waals surface area (Å²) in [6.07, 6.45) is 0.397. The molecule has 0 bridgehead atoms. The van der Waals surface area contributed by atoms with Gasteiger partial charge in [0.2, 0.25) is 0 Å². The van der Waals surface area contributed by atoms with Gasteiger partial charge in [-0.1, -0.05) is 39.0 Å². The van der Waals surface area contributed by atoms with Gasteiger partial charge >= 0.3 is 0 Å². The SMILES string of the molecule is CC(C)(C)c1ccc(C(=O)Nc2cc(C3OCCCO3)ccc2O)cc1. The molecule has 3 rings (SSSR count). The van der Waals surface area contributed by atoms with Crippen LogP contribution in [0.3, 0.4) is 0 Å². The lowest BCUT2D eigenvalue weighted by molar-refractivity contribution is -0.183. The van der Waals surface area contributed by atoms with Crippen LogP contribution in [-0.2, 0) is 14.9 Å². The molecule has 26 heavy (non-hydrogen) atoms. The summed E-state index contributed by atoms with van der Waals surface area (Å²) in [4.78, 5) is 12.5. The molecule has 1 aliphatic heterocycles. The van der Waals surface area contributed by atoms with Gasteiger partial charge < -0.3 is 19.9 Å². The maximum atomic E-state index is 12.5. The number of rotatable bonds is 3. The second-order valence-electron chi connectivity index (χ2n) is 7.49. The van der Waals surface area contributed by atoms with Crippen LogP contribution in [0.4, 0.5) is 5.69 Å². The average molecular weight is 355 g/mol. The molecular formula is C21H25NO4. The zero-order valence-corrected chi connectivity index (χ0v) is 15.4. The second-order valence-corrected chi connectivity index (χ2v) is 7.49. The van der Waals surface area contributed by atoms with Crippen LogP contribution in [0, 0.1) is 0 Å². The minimum atomic E-state index is -0.467. The fourth-order valence-electron chi connectivity index (χ4n) is 2.80. The van der Waals surface area contributed by atoms with Crippen molar-refractivity contribution in [2.24, 2.45) is 0 Å². The Labute approximate surface area is 153 Å². The fraction of sp³-hybridized carbons (Fsp3) is 0.381. The van der Waals surface area contributed by atoms with E-state index in [0.717, 1.165) is 17.5 Å². The van der Waals surface area contributed by atoms with Gasteiger partial charge in [0.05, 0.1) is 18.9 Å². The molecule has 1 amide bonds. The molecule has 0 saturated carbocycles. The predicted molar refractivity (Wildman–Crippen MR) is 100 cm³/mol. The number of anilines is 1. The monoisotopic (exact) mass is 355 g/mol. The highest BCUT2D eigenvalue weighted by atomic mass is 16.7. The first-order chi connectivity index (χ1) is 12.3. The van der Waals surface area contributed by atoms with Gasteiger partial charge in [-0.15, -0.1) is 0 Å². The van der Waals surface area contributed by atoms with Crippen molar-refractivity contribution in [3.8, 4) is 5.75 Å². The van der Waals surface area contributed by atoms with Crippen molar-refractivity contribution in [2.45, 2.75) is 38.9 Å². The van der Waals surface area contributed by atoms with Crippen molar-refractivity contribution < 1.29 is 19.4 Å². The molecule has 2 aromatic rings. The van der Waals surface area contributed by atoms with Crippen molar-refractivity contribution in [2.75, 3.05) is 18.5 Å². The van der Waals surface area contributed by atoms with E-state index in [0.29, 0.717) is 24.5 Å². The van der Waals surface area contributed by atoms with Crippen LogP contribution >= 0.6 is 0 Å². The molecule has 1 fully saturated rings. The third kappa shape index (κ3) is 4.23. The lowest BCUT2D eigenvalue weighted by Gasteiger charge is -2.24. The molecule has 2 N–H and O–H groups in total. The third-order valence-electron chi connectivity index (χ3n) is 4.38. The van der Waals surface area contributed by atoms with E-state index in [2.05, 4.69) is 26.1 Å². The number of amides is 1. The number of hydrogen-bond donors (Lipinski definition) is 2. The molecule has 138 valence electrons. The predicted octanol–water partition coefficient (Wildman–Crippen LogP) is 4.38. The lowest BCUT2D eigenvalue weighted by Crippen LogP contribution is -2.18. The maximum absolute atomic E-state index is 12.5. The first kappa shape index (κ1) is 18.4. The molecule has 5 nitrogen and oxygen atoms in total. The van der Waals surface area contributed by atoms with E-state index in [4.69, 9.17) is 9.47 Å². The molecular weight excluding hydrogens is 330 g/mol. The van der Waals surface area contributed by atoms with Gasteiger partial charge in [-0.05, 0) is 41.7 Å². The van der Waals surface area contributed by atoms with E-state index in [1.807, 2.05) is 12.1 Å². The molecule has 1 aliphatic rings. The van der Waals surface area contributed by atoms with Crippen molar-refractivity contribution in [3.05, 3.63) is 59.2 Å². The highest BCUT2D eigenvalue weighted by Crippen LogP contribution is 2.31. The highest BCUT2D eigenvalue weighted by molar-refractivity contribution is 6.05. The lowest BCUT2D eigenvalue weighted by atomic mass is 9.87. The molecule has 2 aromatic carbocycles. The Hall–Kier alpha value is -2.37. The number of phenols is 1. The van der Waals surface area contributed by atoms with Gasteiger partial charge in [0.1, 0.15) is 5.75 Å². The third-order valence-corrected chi connectivity index (χ3v) is 4.38. The summed E-state index contributed by atoms with van der Waals surface area (Å²) in [5.74, 6) is -0.271. The summed E-state index contributed by atoms with van der Waals surface area (Å²) in [6, 6.07) is 12.5. The minimum absolute atomic E-state index is 0.00391. The average Bonchev–Trinajstić information content (AvgIpc) is 2.63. The van der Waals surface area contributed by atoms with Crippen LogP contribution in [0.5, 0.6) is 5.75 Å². The van der Waals surface area contributed by atoms with Gasteiger partial charge in [-0.3, -0.25) is 4.79 Å². The van der Waals surface area contributed by atoms with Gasteiger partial charge in [-0.2, -0.15) is 0 Å². The summed E-state index contributed by atoms with van der Waals surface area (Å²) in [7, 11) is 0. The summed E-state index contributed by atoms with van der Waals surface area (Å²) in [6.45, 7) is 7.64. The van der Waals surface area contributed by atoms with Crippen LogP contribution in [0.25, 0.3) is 0 Å². The summed E-state index contributed by atoms with van der Waals surface area (Å²) in [5, 5.41) is 12.8. The Kier molecular flexibility index (Phi) is 5.30. The number of phenolic OH excluding ortho intramolecular Hbond substituents is 1. The van der Waals surface area contributed by atoms with Gasteiger partial charge in [-0.25, -0.2) is 0 Å². The van der Waals surface area contributed by atoms with Crippen molar-refractivity contribution in [1.82, 2.24) is 0 Å². The molecule has 5 heteroatoms. The van der Waals surface area contributed by atoms with Crippen LogP contribution in [-0.4, -0.2) is 24.2 Å². The van der Waals surface area contributed by atoms with E-state index < -0.39 is 6.29 Å². The molecule has 1 heterocycles. The van der Waals surface area contributed by atoms with Crippen molar-refractivity contribution in [1.29, 1.82) is 0 Å². The van der Waals surface area contributed by atoms with Crippen molar-refractivity contribution >= 4 is 11.6 Å². The van der Waals surface area contributed by atoms with E-state index in [-0.39, 0.29) is 17.1 Å². The zero-order valence-electron chi connectivity index (χ0n) is 15.4. The number of carbonyl (C=O) groups excluding carboxylic acids is 1. The van der Waals surface area contributed by atoms with Crippen LogP contribution in [0.15, 0.2) is 42.5 Å². The van der Waals surface area contributed by atoms with E-state index >= 15 is 0 Å². The normalized spacial score (nSPS) is 15.7. The van der Waals surface area contributed by atoms with Crippen LogP contribution < -0.4 is 5.32 Å². The maximum Gasteiger partial charge on any atom is 0.255 e. The molecule has 0 aliphatic carbocycles. The number of benzene rings is 2. The quantitative estimate of drug-likeness (QED) is 0.802. The number of nitrogens with one attached hydrogen (secondary N) is 1. The second kappa shape index (κ2) is 7.48. The highest BCUT2D eigenvalue weighted by Gasteiger charge is 2.19. The topological polar surface area (TPSA) is 67.8 Å². The Morgan fingerprint density at radius 2 is 1.73 bits per heavy atom. The Bertz CT molecular complexity index is 772. The van der Waals surface area contributed by atoms with Gasteiger partial charge in [0.15, 0.2) is 6.29 Å². The summed E-state index contributed by atoms with van der Waals surface area (Å²) in [5.41, 5.74) is 2.83. The molecule has 0 aromatic heterocycles. The van der Waals surface area contributed by atoms with E-state index in [1.165, 1.54) is 6.07 Å². The molecule has 0 spiro atoms. The number of carbonyl (C=O) groups is 1. The van der Waals surface area contributed by atoms with Crippen LogP contribution in [0.1, 0.15) is 55.0 Å². The van der Waals surface area contributed by atoms with Gasteiger partial charge in [0, 0.05) is 11.1 Å². The minimum Gasteiger partial charge on any atom is -0.506 e. The zero-order chi connectivity index (χ0) is 18.7. The number of aromatic hydroxyl groups is 1. The Balaban J connectivity index is 1.76. The standard InChI is InChI=1S/C21H25NO4/c1-21(2,3)16-8-5-14(6-9-16)19(24)22-17-13-15(7-10-18(17)23)20-25-11-4-12-26-20/h5-10,13,20,23H,4,11-12H2,1-3H3,(H,22,24). The first-order valence-electron chi connectivity index (χ1n) is 8.82.